The second-order valence-corrected chi connectivity index (χ2v) is 5.64. The first-order valence-electron chi connectivity index (χ1n) is 7.67. The number of nitrogens with zero attached hydrogens (tertiary/aromatic N) is 1. The summed E-state index contributed by atoms with van der Waals surface area (Å²) < 4.78 is 10.9. The van der Waals surface area contributed by atoms with Gasteiger partial charge in [-0.3, -0.25) is 4.79 Å². The summed E-state index contributed by atoms with van der Waals surface area (Å²) >= 11 is 6.28. The molecule has 0 bridgehead atoms. The van der Waals surface area contributed by atoms with Crippen LogP contribution in [0.1, 0.15) is 30.1 Å². The van der Waals surface area contributed by atoms with Crippen LogP contribution >= 0.6 is 24.0 Å². The molecule has 0 aliphatic carbocycles. The fourth-order valence-corrected chi connectivity index (χ4v) is 2.68. The van der Waals surface area contributed by atoms with Gasteiger partial charge in [0, 0.05) is 25.2 Å². The number of carbonyl (C=O) groups is 1. The van der Waals surface area contributed by atoms with Crippen LogP contribution in [0.5, 0.6) is 11.5 Å². The van der Waals surface area contributed by atoms with Gasteiger partial charge < -0.3 is 19.7 Å². The summed E-state index contributed by atoms with van der Waals surface area (Å²) in [6.07, 6.45) is 1.83. The van der Waals surface area contributed by atoms with Crippen LogP contribution in [0.2, 0.25) is 5.02 Å². The van der Waals surface area contributed by atoms with E-state index in [4.69, 9.17) is 21.1 Å². The first-order chi connectivity index (χ1) is 10.7. The Kier molecular flexibility index (Phi) is 8.52. The maximum absolute atomic E-state index is 12.6. The Morgan fingerprint density at radius 3 is 2.83 bits per heavy atom. The van der Waals surface area contributed by atoms with Crippen LogP contribution in [-0.2, 0) is 0 Å². The van der Waals surface area contributed by atoms with E-state index in [1.165, 1.54) is 0 Å². The topological polar surface area (TPSA) is 50.8 Å². The molecule has 23 heavy (non-hydrogen) atoms. The van der Waals surface area contributed by atoms with E-state index in [1.807, 2.05) is 11.8 Å². The standard InChI is InChI=1S/C16H23ClN2O3.ClH/c1-3-9-22-15-13(17)10-12(11-14(15)21-2)16(20)19-7-4-5-18-6-8-19;/h10-11,18H,3-9H2,1-2H3;1H. The highest BCUT2D eigenvalue weighted by molar-refractivity contribution is 6.32. The van der Waals surface area contributed by atoms with E-state index >= 15 is 0 Å². The number of hydrogen-bond acceptors (Lipinski definition) is 4. The third-order valence-corrected chi connectivity index (χ3v) is 3.83. The molecule has 2 rings (SSSR count). The van der Waals surface area contributed by atoms with Crippen LogP contribution in [0, 0.1) is 0 Å². The van der Waals surface area contributed by atoms with Gasteiger partial charge in [-0.2, -0.15) is 0 Å². The number of methoxy groups -OCH3 is 1. The van der Waals surface area contributed by atoms with Gasteiger partial charge in [0.05, 0.1) is 18.7 Å². The quantitative estimate of drug-likeness (QED) is 0.874. The molecule has 1 amide bonds. The highest BCUT2D eigenvalue weighted by Crippen LogP contribution is 2.36. The van der Waals surface area contributed by atoms with Crippen molar-refractivity contribution in [3.63, 3.8) is 0 Å². The molecule has 0 atom stereocenters. The van der Waals surface area contributed by atoms with E-state index in [1.54, 1.807) is 19.2 Å². The average Bonchev–Trinajstić information content (AvgIpc) is 2.81. The maximum atomic E-state index is 12.6. The molecule has 1 aromatic carbocycles. The highest BCUT2D eigenvalue weighted by Gasteiger charge is 2.21. The predicted molar refractivity (Wildman–Crippen MR) is 94.4 cm³/mol. The lowest BCUT2D eigenvalue weighted by Gasteiger charge is -2.21. The minimum absolute atomic E-state index is 0. The molecule has 1 saturated heterocycles. The van der Waals surface area contributed by atoms with Gasteiger partial charge in [-0.05, 0) is 31.5 Å². The van der Waals surface area contributed by atoms with Crippen molar-refractivity contribution in [1.29, 1.82) is 0 Å². The van der Waals surface area contributed by atoms with Crippen LogP contribution < -0.4 is 14.8 Å². The van der Waals surface area contributed by atoms with Gasteiger partial charge in [-0.25, -0.2) is 0 Å². The molecule has 1 aliphatic heterocycles. The molecule has 130 valence electrons. The van der Waals surface area contributed by atoms with E-state index in [0.29, 0.717) is 35.2 Å². The monoisotopic (exact) mass is 362 g/mol. The molecule has 1 N–H and O–H groups in total. The van der Waals surface area contributed by atoms with Crippen molar-refractivity contribution in [3.8, 4) is 11.5 Å². The molecular formula is C16H24Cl2N2O3. The molecule has 1 heterocycles. The summed E-state index contributed by atoms with van der Waals surface area (Å²) in [7, 11) is 1.55. The zero-order chi connectivity index (χ0) is 15.9. The minimum Gasteiger partial charge on any atom is -0.493 e. The van der Waals surface area contributed by atoms with Gasteiger partial charge in [0.15, 0.2) is 11.5 Å². The van der Waals surface area contributed by atoms with Gasteiger partial charge in [0.1, 0.15) is 0 Å². The lowest BCUT2D eigenvalue weighted by molar-refractivity contribution is 0.0766. The summed E-state index contributed by atoms with van der Waals surface area (Å²) in [4.78, 5) is 14.5. The highest BCUT2D eigenvalue weighted by atomic mass is 35.5. The van der Waals surface area contributed by atoms with Crippen LogP contribution in [0.15, 0.2) is 12.1 Å². The Balaban J connectivity index is 0.00000264. The van der Waals surface area contributed by atoms with E-state index in [0.717, 1.165) is 32.5 Å². The lowest BCUT2D eigenvalue weighted by Crippen LogP contribution is -2.34. The zero-order valence-corrected chi connectivity index (χ0v) is 15.1. The molecular weight excluding hydrogens is 339 g/mol. The zero-order valence-electron chi connectivity index (χ0n) is 13.6. The third-order valence-electron chi connectivity index (χ3n) is 3.55. The largest absolute Gasteiger partial charge is 0.493 e. The van der Waals surface area contributed by atoms with Gasteiger partial charge in [0.25, 0.3) is 5.91 Å². The van der Waals surface area contributed by atoms with Gasteiger partial charge in [-0.1, -0.05) is 18.5 Å². The van der Waals surface area contributed by atoms with Crippen LogP contribution in [0.4, 0.5) is 0 Å². The number of carbonyl (C=O) groups excluding carboxylic acids is 1. The van der Waals surface area contributed by atoms with Crippen molar-refractivity contribution < 1.29 is 14.3 Å². The summed E-state index contributed by atoms with van der Waals surface area (Å²) in [5.41, 5.74) is 0.535. The Morgan fingerprint density at radius 2 is 2.13 bits per heavy atom. The van der Waals surface area contributed by atoms with Gasteiger partial charge >= 0.3 is 0 Å². The molecule has 1 aliphatic rings. The SMILES string of the molecule is CCCOc1c(Cl)cc(C(=O)N2CCCNCC2)cc1OC.Cl. The number of hydrogen-bond donors (Lipinski definition) is 1. The second kappa shape index (κ2) is 9.85. The molecule has 0 radical (unpaired) electrons. The summed E-state index contributed by atoms with van der Waals surface area (Å²) in [5.74, 6) is 0.975. The smallest absolute Gasteiger partial charge is 0.254 e. The average molecular weight is 363 g/mol. The second-order valence-electron chi connectivity index (χ2n) is 5.23. The van der Waals surface area contributed by atoms with Crippen molar-refractivity contribution >= 4 is 29.9 Å². The molecule has 0 aromatic heterocycles. The fraction of sp³-hybridized carbons (Fsp3) is 0.562. The molecule has 7 heteroatoms. The lowest BCUT2D eigenvalue weighted by atomic mass is 10.1. The molecule has 1 fully saturated rings. The summed E-state index contributed by atoms with van der Waals surface area (Å²) in [6.45, 7) is 5.78. The van der Waals surface area contributed by atoms with E-state index in [-0.39, 0.29) is 18.3 Å². The van der Waals surface area contributed by atoms with E-state index in [2.05, 4.69) is 5.32 Å². The van der Waals surface area contributed by atoms with Crippen molar-refractivity contribution in [2.75, 3.05) is 39.9 Å². The van der Waals surface area contributed by atoms with Gasteiger partial charge in [-0.15, -0.1) is 12.4 Å². The van der Waals surface area contributed by atoms with Crippen molar-refractivity contribution in [3.05, 3.63) is 22.7 Å². The maximum Gasteiger partial charge on any atom is 0.254 e. The summed E-state index contributed by atoms with van der Waals surface area (Å²) in [5, 5.41) is 3.69. The molecule has 0 spiro atoms. The number of nitrogens with one attached hydrogen (secondary N) is 1. The van der Waals surface area contributed by atoms with Crippen LogP contribution in [0.3, 0.4) is 0 Å². The van der Waals surface area contributed by atoms with Crippen LogP contribution in [0.25, 0.3) is 0 Å². The molecule has 0 unspecified atom stereocenters. The number of halogens is 2. The fourth-order valence-electron chi connectivity index (χ4n) is 2.42. The van der Waals surface area contributed by atoms with Crippen molar-refractivity contribution in [2.24, 2.45) is 0 Å². The molecule has 5 nitrogen and oxygen atoms in total. The van der Waals surface area contributed by atoms with Crippen molar-refractivity contribution in [2.45, 2.75) is 19.8 Å². The van der Waals surface area contributed by atoms with E-state index < -0.39 is 0 Å². The number of amides is 1. The first-order valence-corrected chi connectivity index (χ1v) is 8.05. The number of ether oxygens (including phenoxy) is 2. The number of rotatable bonds is 5. The normalized spacial score (nSPS) is 14.7. The first kappa shape index (κ1) is 19.9. The van der Waals surface area contributed by atoms with Gasteiger partial charge in [0.2, 0.25) is 0 Å². The summed E-state index contributed by atoms with van der Waals surface area (Å²) in [6, 6.07) is 3.37. The molecule has 0 saturated carbocycles. The minimum atomic E-state index is -0.0223. The van der Waals surface area contributed by atoms with E-state index in [9.17, 15) is 4.79 Å². The third kappa shape index (κ3) is 5.16. The Bertz CT molecular complexity index is 518. The Morgan fingerprint density at radius 1 is 1.35 bits per heavy atom. The Hall–Kier alpha value is -1.17. The van der Waals surface area contributed by atoms with Crippen LogP contribution in [-0.4, -0.2) is 50.7 Å². The molecule has 1 aromatic rings. The number of benzene rings is 1. The predicted octanol–water partition coefficient (Wildman–Crippen LogP) is 2.99. The Labute approximate surface area is 148 Å². The van der Waals surface area contributed by atoms with Crippen molar-refractivity contribution in [1.82, 2.24) is 10.2 Å².